The number of hydrogen-bond donors (Lipinski definition) is 0. The van der Waals surface area contributed by atoms with Gasteiger partial charge in [0.1, 0.15) is 0 Å². The zero-order chi connectivity index (χ0) is 5.14. The van der Waals surface area contributed by atoms with Crippen molar-refractivity contribution >= 4 is 0 Å². The molecular weight excluding hydrogens is 96.1 g/mol. The second-order valence-corrected chi connectivity index (χ2v) is 3.05. The quantitative estimate of drug-likeness (QED) is 0.411. The van der Waals surface area contributed by atoms with Crippen LogP contribution in [-0.4, -0.2) is 0 Å². The summed E-state index contributed by atoms with van der Waals surface area (Å²) < 4.78 is 0. The SMILES string of the molecule is C1=CC2C3=CC3C2C1. The van der Waals surface area contributed by atoms with Crippen molar-refractivity contribution in [1.82, 2.24) is 0 Å². The molecule has 1 fully saturated rings. The average molecular weight is 104 g/mol. The number of allylic oxidation sites excluding steroid dienone is 4. The first kappa shape index (κ1) is 3.49. The van der Waals surface area contributed by atoms with Gasteiger partial charge in [0.25, 0.3) is 0 Å². The van der Waals surface area contributed by atoms with E-state index in [0.29, 0.717) is 0 Å². The molecule has 1 saturated carbocycles. The molecule has 0 nitrogen and oxygen atoms in total. The monoisotopic (exact) mass is 104 g/mol. The molecule has 0 heterocycles. The Bertz CT molecular complexity index is 198. The normalized spacial score (nSPS) is 54.0. The molecule has 0 aromatic heterocycles. The predicted molar refractivity (Wildman–Crippen MR) is 32.3 cm³/mol. The van der Waals surface area contributed by atoms with Gasteiger partial charge in [-0.1, -0.05) is 23.8 Å². The number of fused-ring (bicyclic) bond motifs is 4. The number of rotatable bonds is 0. The summed E-state index contributed by atoms with van der Waals surface area (Å²) in [5.41, 5.74) is 1.74. The standard InChI is InChI=1S/C8H8/c1-2-5-6(3-1)8-4-7(5)8/h1-2,4-6,8H,3H2. The van der Waals surface area contributed by atoms with Gasteiger partial charge < -0.3 is 0 Å². The topological polar surface area (TPSA) is 0 Å². The van der Waals surface area contributed by atoms with Crippen LogP contribution in [0.5, 0.6) is 0 Å². The van der Waals surface area contributed by atoms with Crippen LogP contribution in [0.1, 0.15) is 6.42 Å². The van der Waals surface area contributed by atoms with E-state index in [2.05, 4.69) is 18.2 Å². The molecule has 0 bridgehead atoms. The molecule has 3 aliphatic carbocycles. The first-order valence-corrected chi connectivity index (χ1v) is 3.35. The summed E-state index contributed by atoms with van der Waals surface area (Å²) in [4.78, 5) is 0. The van der Waals surface area contributed by atoms with Gasteiger partial charge in [0.2, 0.25) is 0 Å². The highest BCUT2D eigenvalue weighted by molar-refractivity contribution is 5.48. The third-order valence-corrected chi connectivity index (χ3v) is 2.71. The summed E-state index contributed by atoms with van der Waals surface area (Å²) in [5.74, 6) is 2.93. The minimum atomic E-state index is 0.917. The molecule has 3 unspecified atom stereocenters. The van der Waals surface area contributed by atoms with Crippen LogP contribution in [-0.2, 0) is 0 Å². The molecule has 3 aliphatic rings. The van der Waals surface area contributed by atoms with Gasteiger partial charge in [-0.3, -0.25) is 0 Å². The lowest BCUT2D eigenvalue weighted by Crippen LogP contribution is -2.22. The molecule has 0 heteroatoms. The average Bonchev–Trinajstić information content (AvgIpc) is 2.34. The zero-order valence-electron chi connectivity index (χ0n) is 4.67. The molecule has 3 rings (SSSR count). The Kier molecular flexibility index (Phi) is 0.355. The minimum absolute atomic E-state index is 0.917. The summed E-state index contributed by atoms with van der Waals surface area (Å²) in [6, 6.07) is 0. The van der Waals surface area contributed by atoms with E-state index in [9.17, 15) is 0 Å². The third kappa shape index (κ3) is 0.199. The summed E-state index contributed by atoms with van der Waals surface area (Å²) in [7, 11) is 0. The lowest BCUT2D eigenvalue weighted by molar-refractivity contribution is 0.342. The van der Waals surface area contributed by atoms with Crippen molar-refractivity contribution in [3.63, 3.8) is 0 Å². The van der Waals surface area contributed by atoms with Gasteiger partial charge in [-0.15, -0.1) is 0 Å². The maximum Gasteiger partial charge on any atom is 0.00260 e. The zero-order valence-corrected chi connectivity index (χ0v) is 4.67. The Morgan fingerprint density at radius 3 is 3.25 bits per heavy atom. The summed E-state index contributed by atoms with van der Waals surface area (Å²) >= 11 is 0. The van der Waals surface area contributed by atoms with Gasteiger partial charge in [-0.2, -0.15) is 0 Å². The minimum Gasteiger partial charge on any atom is -0.0876 e. The Labute approximate surface area is 48.9 Å². The molecule has 3 atom stereocenters. The Morgan fingerprint density at radius 1 is 1.38 bits per heavy atom. The predicted octanol–water partition coefficient (Wildman–Crippen LogP) is 1.75. The van der Waals surface area contributed by atoms with Crippen molar-refractivity contribution in [2.24, 2.45) is 17.8 Å². The van der Waals surface area contributed by atoms with E-state index in [0.717, 1.165) is 17.8 Å². The summed E-state index contributed by atoms with van der Waals surface area (Å²) in [5, 5.41) is 0. The largest absolute Gasteiger partial charge is 0.0876 e. The van der Waals surface area contributed by atoms with E-state index in [1.807, 2.05) is 0 Å². The van der Waals surface area contributed by atoms with Gasteiger partial charge in [0, 0.05) is 11.8 Å². The van der Waals surface area contributed by atoms with Crippen molar-refractivity contribution < 1.29 is 0 Å². The van der Waals surface area contributed by atoms with E-state index in [1.54, 1.807) is 5.57 Å². The highest BCUT2D eigenvalue weighted by Gasteiger charge is 2.52. The van der Waals surface area contributed by atoms with Gasteiger partial charge in [-0.25, -0.2) is 0 Å². The molecule has 0 spiro atoms. The van der Waals surface area contributed by atoms with Crippen LogP contribution in [0.4, 0.5) is 0 Å². The van der Waals surface area contributed by atoms with Crippen molar-refractivity contribution in [3.8, 4) is 0 Å². The Balaban J connectivity index is 2.07. The Morgan fingerprint density at radius 2 is 2.38 bits per heavy atom. The van der Waals surface area contributed by atoms with Crippen molar-refractivity contribution in [2.75, 3.05) is 0 Å². The Hall–Kier alpha value is -0.520. The molecule has 0 aliphatic heterocycles. The van der Waals surface area contributed by atoms with Crippen LogP contribution in [0.3, 0.4) is 0 Å². The molecule has 0 amide bonds. The molecular formula is C8H8. The maximum atomic E-state index is 2.43. The van der Waals surface area contributed by atoms with Crippen LogP contribution in [0.25, 0.3) is 0 Å². The third-order valence-electron chi connectivity index (χ3n) is 2.71. The van der Waals surface area contributed by atoms with E-state index >= 15 is 0 Å². The molecule has 0 saturated heterocycles. The van der Waals surface area contributed by atoms with Gasteiger partial charge in [0.15, 0.2) is 0 Å². The van der Waals surface area contributed by atoms with Gasteiger partial charge in [0.05, 0.1) is 0 Å². The maximum absolute atomic E-state index is 2.43. The lowest BCUT2D eigenvalue weighted by Gasteiger charge is -2.28. The highest BCUT2D eigenvalue weighted by atomic mass is 14.6. The van der Waals surface area contributed by atoms with Crippen LogP contribution < -0.4 is 0 Å². The van der Waals surface area contributed by atoms with Crippen LogP contribution in [0.2, 0.25) is 0 Å². The lowest BCUT2D eigenvalue weighted by atomic mass is 9.75. The number of hydrogen-bond acceptors (Lipinski definition) is 0. The molecule has 0 N–H and O–H groups in total. The molecule has 8 heavy (non-hydrogen) atoms. The fourth-order valence-electron chi connectivity index (χ4n) is 2.14. The van der Waals surface area contributed by atoms with E-state index in [4.69, 9.17) is 0 Å². The highest BCUT2D eigenvalue weighted by Crippen LogP contribution is 2.61. The van der Waals surface area contributed by atoms with Crippen molar-refractivity contribution in [3.05, 3.63) is 23.8 Å². The fourth-order valence-corrected chi connectivity index (χ4v) is 2.14. The van der Waals surface area contributed by atoms with Crippen LogP contribution >= 0.6 is 0 Å². The van der Waals surface area contributed by atoms with Crippen molar-refractivity contribution in [2.45, 2.75) is 6.42 Å². The first-order valence-electron chi connectivity index (χ1n) is 3.35. The fraction of sp³-hybridized carbons (Fsp3) is 0.500. The summed E-state index contributed by atoms with van der Waals surface area (Å²) in [6.07, 6.45) is 8.50. The van der Waals surface area contributed by atoms with Gasteiger partial charge in [-0.05, 0) is 12.3 Å². The van der Waals surface area contributed by atoms with Gasteiger partial charge >= 0.3 is 0 Å². The summed E-state index contributed by atoms with van der Waals surface area (Å²) in [6.45, 7) is 0. The molecule has 0 radical (unpaired) electrons. The van der Waals surface area contributed by atoms with Crippen LogP contribution in [0, 0.1) is 17.8 Å². The molecule has 0 aromatic carbocycles. The van der Waals surface area contributed by atoms with E-state index in [-0.39, 0.29) is 0 Å². The molecule has 0 aromatic rings. The second-order valence-electron chi connectivity index (χ2n) is 3.05. The van der Waals surface area contributed by atoms with Crippen LogP contribution in [0.15, 0.2) is 23.8 Å². The molecule has 40 valence electrons. The van der Waals surface area contributed by atoms with E-state index < -0.39 is 0 Å². The first-order chi connectivity index (χ1) is 3.97. The van der Waals surface area contributed by atoms with E-state index in [1.165, 1.54) is 6.42 Å². The smallest absolute Gasteiger partial charge is 0.00260 e. The van der Waals surface area contributed by atoms with Crippen molar-refractivity contribution in [1.29, 1.82) is 0 Å². The second kappa shape index (κ2) is 0.812.